The van der Waals surface area contributed by atoms with Crippen LogP contribution < -0.4 is 10.6 Å². The van der Waals surface area contributed by atoms with E-state index in [4.69, 9.17) is 4.74 Å². The van der Waals surface area contributed by atoms with Gasteiger partial charge < -0.3 is 20.1 Å². The smallest absolute Gasteiger partial charge is 0.325 e. The molecular weight excluding hydrogens is 176 g/mol. The van der Waals surface area contributed by atoms with E-state index in [2.05, 4.69) is 15.4 Å². The Balaban J connectivity index is 3.35. The first-order valence-corrected chi connectivity index (χ1v) is 3.78. The van der Waals surface area contributed by atoms with Crippen LogP contribution in [0.25, 0.3) is 0 Å². The summed E-state index contributed by atoms with van der Waals surface area (Å²) in [5.74, 6) is -0.484. The van der Waals surface area contributed by atoms with E-state index in [9.17, 15) is 9.59 Å². The van der Waals surface area contributed by atoms with Gasteiger partial charge in [-0.05, 0) is 0 Å². The lowest BCUT2D eigenvalue weighted by Crippen LogP contribution is -2.40. The van der Waals surface area contributed by atoms with Crippen molar-refractivity contribution in [1.29, 1.82) is 0 Å². The third-order valence-electron chi connectivity index (χ3n) is 1.21. The molecule has 6 nitrogen and oxygen atoms in total. The Morgan fingerprint density at radius 3 is 2.46 bits per heavy atom. The molecule has 6 heteroatoms. The zero-order valence-corrected chi connectivity index (χ0v) is 7.75. The van der Waals surface area contributed by atoms with Gasteiger partial charge in [-0.25, -0.2) is 4.79 Å². The van der Waals surface area contributed by atoms with E-state index in [-0.39, 0.29) is 6.54 Å². The van der Waals surface area contributed by atoms with Crippen molar-refractivity contribution in [3.63, 3.8) is 0 Å². The second-order valence-electron chi connectivity index (χ2n) is 2.18. The summed E-state index contributed by atoms with van der Waals surface area (Å²) >= 11 is 0. The van der Waals surface area contributed by atoms with Crippen LogP contribution in [-0.4, -0.2) is 45.9 Å². The molecule has 2 N–H and O–H groups in total. The number of amides is 2. The summed E-state index contributed by atoms with van der Waals surface area (Å²) in [5.41, 5.74) is 0. The van der Waals surface area contributed by atoms with E-state index in [1.54, 1.807) is 0 Å². The molecule has 13 heavy (non-hydrogen) atoms. The summed E-state index contributed by atoms with van der Waals surface area (Å²) < 4.78 is 9.02. The van der Waals surface area contributed by atoms with E-state index in [0.29, 0.717) is 13.2 Å². The van der Waals surface area contributed by atoms with Crippen molar-refractivity contribution in [1.82, 2.24) is 10.6 Å². The van der Waals surface area contributed by atoms with Crippen LogP contribution in [0, 0.1) is 0 Å². The highest BCUT2D eigenvalue weighted by atomic mass is 16.5. The van der Waals surface area contributed by atoms with Gasteiger partial charge in [0.2, 0.25) is 0 Å². The fourth-order valence-corrected chi connectivity index (χ4v) is 0.554. The molecule has 0 atom stereocenters. The van der Waals surface area contributed by atoms with E-state index < -0.39 is 12.0 Å². The van der Waals surface area contributed by atoms with Crippen LogP contribution in [-0.2, 0) is 14.3 Å². The highest BCUT2D eigenvalue weighted by Crippen LogP contribution is 1.71. The number of nitrogens with one attached hydrogen (secondary N) is 2. The molecule has 0 aliphatic heterocycles. The highest BCUT2D eigenvalue weighted by Gasteiger charge is 2.02. The first-order chi connectivity index (χ1) is 6.20. The number of carbonyl (C=O) groups excluding carboxylic acids is 2. The molecule has 0 aliphatic rings. The molecule has 0 saturated heterocycles. The second-order valence-corrected chi connectivity index (χ2v) is 2.18. The summed E-state index contributed by atoms with van der Waals surface area (Å²) in [7, 11) is 2.79. The summed E-state index contributed by atoms with van der Waals surface area (Å²) in [6.07, 6.45) is 0. The Bertz CT molecular complexity index is 172. The zero-order chi connectivity index (χ0) is 10.1. The first kappa shape index (κ1) is 11.7. The second kappa shape index (κ2) is 7.35. The molecule has 0 heterocycles. The summed E-state index contributed by atoms with van der Waals surface area (Å²) in [6, 6.07) is -0.414. The van der Waals surface area contributed by atoms with Crippen molar-refractivity contribution in [3.05, 3.63) is 0 Å². The van der Waals surface area contributed by atoms with Crippen molar-refractivity contribution >= 4 is 12.0 Å². The number of hydrogen-bond acceptors (Lipinski definition) is 4. The van der Waals surface area contributed by atoms with Crippen LogP contribution in [0.3, 0.4) is 0 Å². The van der Waals surface area contributed by atoms with Gasteiger partial charge in [-0.1, -0.05) is 0 Å². The monoisotopic (exact) mass is 190 g/mol. The number of hydrogen-bond donors (Lipinski definition) is 2. The minimum atomic E-state index is -0.484. The minimum Gasteiger partial charge on any atom is -0.468 e. The number of urea groups is 1. The van der Waals surface area contributed by atoms with E-state index in [1.807, 2.05) is 0 Å². The molecule has 0 bridgehead atoms. The quantitative estimate of drug-likeness (QED) is 0.435. The maximum Gasteiger partial charge on any atom is 0.325 e. The maximum atomic E-state index is 10.9. The Morgan fingerprint density at radius 1 is 1.23 bits per heavy atom. The van der Waals surface area contributed by atoms with Crippen LogP contribution in [0.4, 0.5) is 4.79 Å². The number of ether oxygens (including phenoxy) is 2. The molecule has 0 aromatic heterocycles. The standard InChI is InChI=1S/C7H14N2O4/c1-12-4-3-8-7(11)9-5-6(10)13-2/h3-5H2,1-2H3,(H2,8,9,11). The van der Waals surface area contributed by atoms with Crippen molar-refractivity contribution in [3.8, 4) is 0 Å². The molecule has 0 aliphatic carbocycles. The molecule has 0 fully saturated rings. The summed E-state index contributed by atoms with van der Waals surface area (Å²) in [4.78, 5) is 21.4. The number of rotatable bonds is 5. The van der Waals surface area contributed by atoms with Gasteiger partial charge in [-0.2, -0.15) is 0 Å². The van der Waals surface area contributed by atoms with Crippen LogP contribution >= 0.6 is 0 Å². The van der Waals surface area contributed by atoms with Crippen LogP contribution in [0.2, 0.25) is 0 Å². The molecule has 0 unspecified atom stereocenters. The van der Waals surface area contributed by atoms with Crippen molar-refractivity contribution in [2.24, 2.45) is 0 Å². The Labute approximate surface area is 76.6 Å². The molecule has 2 amide bonds. The van der Waals surface area contributed by atoms with Crippen LogP contribution in [0.15, 0.2) is 0 Å². The fraction of sp³-hybridized carbons (Fsp3) is 0.714. The molecule has 76 valence electrons. The van der Waals surface area contributed by atoms with Gasteiger partial charge in [-0.15, -0.1) is 0 Å². The largest absolute Gasteiger partial charge is 0.468 e. The summed E-state index contributed by atoms with van der Waals surface area (Å²) in [6.45, 7) is 0.713. The lowest BCUT2D eigenvalue weighted by atomic mass is 10.6. The topological polar surface area (TPSA) is 76.7 Å². The van der Waals surface area contributed by atoms with Gasteiger partial charge in [0.1, 0.15) is 6.54 Å². The molecular formula is C7H14N2O4. The number of methoxy groups -OCH3 is 2. The SMILES string of the molecule is COCCNC(=O)NCC(=O)OC. The predicted octanol–water partition coefficient (Wildman–Crippen LogP) is -0.895. The average Bonchev–Trinajstić information content (AvgIpc) is 2.14. The van der Waals surface area contributed by atoms with Crippen molar-refractivity contribution in [2.45, 2.75) is 0 Å². The molecule has 0 aromatic rings. The zero-order valence-electron chi connectivity index (χ0n) is 7.75. The molecule has 0 rings (SSSR count). The normalized spacial score (nSPS) is 9.08. The van der Waals surface area contributed by atoms with Crippen molar-refractivity contribution in [2.75, 3.05) is 33.9 Å². The van der Waals surface area contributed by atoms with Crippen molar-refractivity contribution < 1.29 is 19.1 Å². The van der Waals surface area contributed by atoms with Gasteiger partial charge in [0.15, 0.2) is 0 Å². The van der Waals surface area contributed by atoms with Gasteiger partial charge in [-0.3, -0.25) is 4.79 Å². The predicted molar refractivity (Wildman–Crippen MR) is 45.3 cm³/mol. The highest BCUT2D eigenvalue weighted by molar-refractivity contribution is 5.80. The Morgan fingerprint density at radius 2 is 1.92 bits per heavy atom. The lowest BCUT2D eigenvalue weighted by Gasteiger charge is -2.05. The maximum absolute atomic E-state index is 10.9. The lowest BCUT2D eigenvalue weighted by molar-refractivity contribution is -0.139. The number of esters is 1. The molecule has 0 aromatic carbocycles. The van der Waals surface area contributed by atoms with E-state index >= 15 is 0 Å². The van der Waals surface area contributed by atoms with Crippen LogP contribution in [0.5, 0.6) is 0 Å². The fourth-order valence-electron chi connectivity index (χ4n) is 0.554. The van der Waals surface area contributed by atoms with Gasteiger partial charge >= 0.3 is 12.0 Å². The Kier molecular flexibility index (Phi) is 6.62. The van der Waals surface area contributed by atoms with Gasteiger partial charge in [0.25, 0.3) is 0 Å². The third kappa shape index (κ3) is 7.07. The summed E-state index contributed by atoms with van der Waals surface area (Å²) in [5, 5.41) is 4.79. The molecule has 0 spiro atoms. The van der Waals surface area contributed by atoms with E-state index in [0.717, 1.165) is 0 Å². The molecule has 0 radical (unpaired) electrons. The first-order valence-electron chi connectivity index (χ1n) is 3.78. The number of carbonyl (C=O) groups is 2. The average molecular weight is 190 g/mol. The Hall–Kier alpha value is -1.30. The van der Waals surface area contributed by atoms with Crippen LogP contribution in [0.1, 0.15) is 0 Å². The van der Waals surface area contributed by atoms with E-state index in [1.165, 1.54) is 14.2 Å². The molecule has 0 saturated carbocycles. The van der Waals surface area contributed by atoms with Gasteiger partial charge in [0, 0.05) is 13.7 Å². The minimum absolute atomic E-state index is 0.130. The third-order valence-corrected chi connectivity index (χ3v) is 1.21. The van der Waals surface area contributed by atoms with Gasteiger partial charge in [0.05, 0.1) is 13.7 Å².